The quantitative estimate of drug-likeness (QED) is 0.735. The second-order valence-corrected chi connectivity index (χ2v) is 8.56. The second kappa shape index (κ2) is 9.15. The number of carbonyl (C=O) groups is 1. The van der Waals surface area contributed by atoms with Gasteiger partial charge in [0.25, 0.3) is 0 Å². The largest absolute Gasteiger partial charge is 0.325 e. The summed E-state index contributed by atoms with van der Waals surface area (Å²) in [5, 5.41) is 2.75. The third-order valence-corrected chi connectivity index (χ3v) is 4.91. The fourth-order valence-corrected chi connectivity index (χ4v) is 3.05. The van der Waals surface area contributed by atoms with Crippen LogP contribution >= 0.6 is 0 Å². The summed E-state index contributed by atoms with van der Waals surface area (Å²) in [7, 11) is 0.444. The minimum absolute atomic E-state index is 0.168. The Labute approximate surface area is 145 Å². The van der Waals surface area contributed by atoms with Gasteiger partial charge in [0.2, 0.25) is 15.9 Å². The van der Waals surface area contributed by atoms with Gasteiger partial charge in [-0.3, -0.25) is 4.79 Å². The Bertz CT molecular complexity index is 625. The predicted molar refractivity (Wildman–Crippen MR) is 98.7 cm³/mol. The highest BCUT2D eigenvalue weighted by molar-refractivity contribution is 7.88. The zero-order chi connectivity index (χ0) is 18.3. The highest BCUT2D eigenvalue weighted by atomic mass is 32.2. The standard InChI is InChI=1S/C17H29N3O3S/c1-14(2)15-7-9-16(10-8-15)18-17(21)13-20(24(5,22)23)12-6-11-19(3)4/h7-10,14H,6,11-13H2,1-5H3,(H,18,21). The van der Waals surface area contributed by atoms with Gasteiger partial charge in [-0.2, -0.15) is 4.31 Å². The van der Waals surface area contributed by atoms with Gasteiger partial charge >= 0.3 is 0 Å². The van der Waals surface area contributed by atoms with Crippen molar-refractivity contribution in [2.24, 2.45) is 0 Å². The van der Waals surface area contributed by atoms with Crippen LogP contribution in [0.1, 0.15) is 31.7 Å². The van der Waals surface area contributed by atoms with E-state index in [1.165, 1.54) is 9.87 Å². The minimum Gasteiger partial charge on any atom is -0.325 e. The van der Waals surface area contributed by atoms with Gasteiger partial charge in [-0.25, -0.2) is 8.42 Å². The number of hydrogen-bond acceptors (Lipinski definition) is 4. The number of benzene rings is 1. The summed E-state index contributed by atoms with van der Waals surface area (Å²) in [5.74, 6) is 0.0924. The van der Waals surface area contributed by atoms with Crippen molar-refractivity contribution in [1.82, 2.24) is 9.21 Å². The molecule has 1 rings (SSSR count). The van der Waals surface area contributed by atoms with Crippen LogP contribution in [-0.2, 0) is 14.8 Å². The maximum Gasteiger partial charge on any atom is 0.239 e. The van der Waals surface area contributed by atoms with E-state index in [4.69, 9.17) is 0 Å². The molecule has 6 nitrogen and oxygen atoms in total. The van der Waals surface area contributed by atoms with Crippen molar-refractivity contribution in [3.63, 3.8) is 0 Å². The van der Waals surface area contributed by atoms with Crippen LogP contribution in [0.2, 0.25) is 0 Å². The van der Waals surface area contributed by atoms with Gasteiger partial charge in [0.15, 0.2) is 0 Å². The van der Waals surface area contributed by atoms with Crippen LogP contribution in [0.25, 0.3) is 0 Å². The number of nitrogens with one attached hydrogen (secondary N) is 1. The highest BCUT2D eigenvalue weighted by Crippen LogP contribution is 2.17. The number of rotatable bonds is 9. The van der Waals surface area contributed by atoms with E-state index in [9.17, 15) is 13.2 Å². The number of hydrogen-bond donors (Lipinski definition) is 1. The molecule has 0 aliphatic carbocycles. The van der Waals surface area contributed by atoms with E-state index < -0.39 is 10.0 Å². The van der Waals surface area contributed by atoms with Crippen LogP contribution in [0, 0.1) is 0 Å². The first kappa shape index (κ1) is 20.6. The molecule has 0 spiro atoms. The van der Waals surface area contributed by atoms with E-state index in [-0.39, 0.29) is 12.5 Å². The Balaban J connectivity index is 2.64. The minimum atomic E-state index is -3.41. The molecule has 1 N–H and O–H groups in total. The monoisotopic (exact) mass is 355 g/mol. The molecule has 24 heavy (non-hydrogen) atoms. The lowest BCUT2D eigenvalue weighted by atomic mass is 10.0. The number of nitrogens with zero attached hydrogens (tertiary/aromatic N) is 2. The maximum atomic E-state index is 12.2. The van der Waals surface area contributed by atoms with Crippen molar-refractivity contribution in [2.45, 2.75) is 26.2 Å². The Morgan fingerprint density at radius 2 is 1.71 bits per heavy atom. The average molecular weight is 356 g/mol. The van der Waals surface area contributed by atoms with Crippen LogP contribution in [-0.4, -0.2) is 63.5 Å². The summed E-state index contributed by atoms with van der Waals surface area (Å²) in [4.78, 5) is 14.1. The molecule has 0 aliphatic rings. The Morgan fingerprint density at radius 3 is 2.17 bits per heavy atom. The SMILES string of the molecule is CC(C)c1ccc(NC(=O)CN(CCCN(C)C)S(C)(=O)=O)cc1. The molecule has 0 unspecified atom stereocenters. The number of carbonyl (C=O) groups excluding carboxylic acids is 1. The van der Waals surface area contributed by atoms with Gasteiger partial charge in [-0.05, 0) is 50.7 Å². The first-order valence-corrected chi connectivity index (χ1v) is 9.94. The molecule has 0 fully saturated rings. The van der Waals surface area contributed by atoms with Crippen LogP contribution in [0.3, 0.4) is 0 Å². The van der Waals surface area contributed by atoms with Crippen molar-refractivity contribution in [1.29, 1.82) is 0 Å². The molecule has 0 saturated carbocycles. The zero-order valence-electron chi connectivity index (χ0n) is 15.2. The molecule has 7 heteroatoms. The molecule has 136 valence electrons. The molecular formula is C17H29N3O3S. The molecule has 1 aromatic rings. The Hall–Kier alpha value is -1.44. The summed E-state index contributed by atoms with van der Waals surface area (Å²) < 4.78 is 24.9. The average Bonchev–Trinajstić information content (AvgIpc) is 2.45. The van der Waals surface area contributed by atoms with Gasteiger partial charge in [0.1, 0.15) is 0 Å². The normalized spacial score (nSPS) is 12.2. The molecule has 0 aromatic heterocycles. The van der Waals surface area contributed by atoms with E-state index in [0.29, 0.717) is 24.6 Å². The molecule has 1 amide bonds. The van der Waals surface area contributed by atoms with E-state index in [1.807, 2.05) is 43.3 Å². The topological polar surface area (TPSA) is 69.7 Å². The summed E-state index contributed by atoms with van der Waals surface area (Å²) in [6.45, 7) is 5.13. The highest BCUT2D eigenvalue weighted by Gasteiger charge is 2.19. The molecule has 1 aromatic carbocycles. The third kappa shape index (κ3) is 7.42. The number of anilines is 1. The van der Waals surface area contributed by atoms with E-state index in [2.05, 4.69) is 19.2 Å². The summed E-state index contributed by atoms with van der Waals surface area (Å²) in [6.07, 6.45) is 1.81. The maximum absolute atomic E-state index is 12.2. The molecule has 0 atom stereocenters. The van der Waals surface area contributed by atoms with Gasteiger partial charge in [0.05, 0.1) is 12.8 Å². The van der Waals surface area contributed by atoms with Crippen molar-refractivity contribution >= 4 is 21.6 Å². The molecular weight excluding hydrogens is 326 g/mol. The van der Waals surface area contributed by atoms with Crippen LogP contribution in [0.15, 0.2) is 24.3 Å². The lowest BCUT2D eigenvalue weighted by Crippen LogP contribution is -2.38. The van der Waals surface area contributed by atoms with Crippen LogP contribution in [0.4, 0.5) is 5.69 Å². The van der Waals surface area contributed by atoms with Crippen molar-refractivity contribution < 1.29 is 13.2 Å². The lowest BCUT2D eigenvalue weighted by molar-refractivity contribution is -0.116. The van der Waals surface area contributed by atoms with Gasteiger partial charge < -0.3 is 10.2 Å². The number of amides is 1. The molecule has 0 saturated heterocycles. The molecule has 0 radical (unpaired) electrons. The van der Waals surface area contributed by atoms with Crippen LogP contribution < -0.4 is 5.32 Å². The van der Waals surface area contributed by atoms with E-state index >= 15 is 0 Å². The molecule has 0 aliphatic heterocycles. The second-order valence-electron chi connectivity index (χ2n) is 6.58. The fraction of sp³-hybridized carbons (Fsp3) is 0.588. The zero-order valence-corrected chi connectivity index (χ0v) is 16.1. The van der Waals surface area contributed by atoms with E-state index in [1.54, 1.807) is 0 Å². The lowest BCUT2D eigenvalue weighted by Gasteiger charge is -2.20. The molecule has 0 bridgehead atoms. The van der Waals surface area contributed by atoms with Crippen molar-refractivity contribution in [2.75, 3.05) is 45.3 Å². The fourth-order valence-electron chi connectivity index (χ4n) is 2.24. The number of sulfonamides is 1. The Kier molecular flexibility index (Phi) is 7.86. The summed E-state index contributed by atoms with van der Waals surface area (Å²) in [6, 6.07) is 7.60. The van der Waals surface area contributed by atoms with E-state index in [0.717, 1.165) is 12.8 Å². The predicted octanol–water partition coefficient (Wildman–Crippen LogP) is 1.96. The van der Waals surface area contributed by atoms with Gasteiger partial charge in [-0.1, -0.05) is 26.0 Å². The summed E-state index contributed by atoms with van der Waals surface area (Å²) in [5.41, 5.74) is 1.86. The van der Waals surface area contributed by atoms with Crippen molar-refractivity contribution in [3.05, 3.63) is 29.8 Å². The summed E-state index contributed by atoms with van der Waals surface area (Å²) >= 11 is 0. The third-order valence-electron chi connectivity index (χ3n) is 3.66. The first-order chi connectivity index (χ1) is 11.1. The van der Waals surface area contributed by atoms with Crippen molar-refractivity contribution in [3.8, 4) is 0 Å². The smallest absolute Gasteiger partial charge is 0.239 e. The first-order valence-electron chi connectivity index (χ1n) is 8.09. The van der Waals surface area contributed by atoms with Gasteiger partial charge in [-0.15, -0.1) is 0 Å². The molecule has 0 heterocycles. The van der Waals surface area contributed by atoms with Crippen LogP contribution in [0.5, 0.6) is 0 Å². The van der Waals surface area contributed by atoms with Gasteiger partial charge in [0, 0.05) is 12.2 Å². The Morgan fingerprint density at radius 1 is 1.12 bits per heavy atom.